The third-order valence-electron chi connectivity index (χ3n) is 7.91. The Kier molecular flexibility index (Phi) is 5.16. The fourth-order valence-electron chi connectivity index (χ4n) is 6.07. The van der Waals surface area contributed by atoms with Gasteiger partial charge in [0.1, 0.15) is 12.1 Å². The van der Waals surface area contributed by atoms with E-state index < -0.39 is 35.5 Å². The first-order valence-electron chi connectivity index (χ1n) is 12.3. The largest absolute Gasteiger partial charge is 0.370 e. The number of benzene rings is 2. The minimum Gasteiger partial charge on any atom is -0.370 e. The Morgan fingerprint density at radius 3 is 2.63 bits per heavy atom. The standard InChI is InChI=1S/C25H28N8O5/c1-12-5-6-13-3-2-4-14(15(13)9-12)21(36)29-17-11-33-23(27)28-16(10-32-18(34)7-8-19(32)35)20-24(33,25(17,37)38)31-22(26)30-20/h2-6,9,16-17,20,37-38H,7-8,10-11H2,1H3,(H2,27,28)(H,29,36)(H3,26,30,31)/t16-,17?,20?,24?/m0/s1. The maximum absolute atomic E-state index is 13.5. The molecule has 2 aromatic carbocycles. The van der Waals surface area contributed by atoms with Crippen LogP contribution >= 0.6 is 0 Å². The topological polar surface area (TPSA) is 199 Å². The van der Waals surface area contributed by atoms with Crippen molar-refractivity contribution in [3.63, 3.8) is 0 Å². The van der Waals surface area contributed by atoms with Crippen LogP contribution in [-0.2, 0) is 9.59 Å². The van der Waals surface area contributed by atoms with Crippen LogP contribution in [0.15, 0.2) is 46.4 Å². The molecule has 4 heterocycles. The van der Waals surface area contributed by atoms with Gasteiger partial charge in [0, 0.05) is 24.9 Å². The molecule has 3 unspecified atom stereocenters. The molecule has 6 rings (SSSR count). The third-order valence-corrected chi connectivity index (χ3v) is 7.91. The lowest BCUT2D eigenvalue weighted by atomic mass is 9.84. The van der Waals surface area contributed by atoms with E-state index in [-0.39, 0.29) is 49.7 Å². The zero-order valence-electron chi connectivity index (χ0n) is 20.6. The van der Waals surface area contributed by atoms with Gasteiger partial charge < -0.3 is 37.2 Å². The number of aliphatic imine (C=N–C) groups is 2. The van der Waals surface area contributed by atoms with Gasteiger partial charge in [0.05, 0.1) is 12.6 Å². The Labute approximate surface area is 217 Å². The minimum absolute atomic E-state index is 0.0623. The normalized spacial score (nSPS) is 29.6. The molecule has 2 aromatic rings. The molecule has 2 saturated heterocycles. The van der Waals surface area contributed by atoms with Crippen molar-refractivity contribution in [1.82, 2.24) is 20.4 Å². The van der Waals surface area contributed by atoms with Gasteiger partial charge in [-0.3, -0.25) is 19.3 Å². The summed E-state index contributed by atoms with van der Waals surface area (Å²) in [6.45, 7) is 1.67. The molecule has 13 nitrogen and oxygen atoms in total. The zero-order valence-corrected chi connectivity index (χ0v) is 20.6. The van der Waals surface area contributed by atoms with Crippen LogP contribution < -0.4 is 22.1 Å². The van der Waals surface area contributed by atoms with E-state index in [1.165, 1.54) is 4.90 Å². The fraction of sp³-hybridized carbons (Fsp3) is 0.400. The Hall–Kier alpha value is -4.23. The highest BCUT2D eigenvalue weighted by Crippen LogP contribution is 2.45. The van der Waals surface area contributed by atoms with Crippen LogP contribution in [-0.4, -0.2) is 92.3 Å². The van der Waals surface area contributed by atoms with E-state index in [0.717, 1.165) is 21.2 Å². The van der Waals surface area contributed by atoms with Crippen molar-refractivity contribution < 1.29 is 24.6 Å². The van der Waals surface area contributed by atoms with Crippen LogP contribution in [0.2, 0.25) is 0 Å². The summed E-state index contributed by atoms with van der Waals surface area (Å²) in [6.07, 6.45) is 0.199. The number of imide groups is 1. The van der Waals surface area contributed by atoms with Crippen LogP contribution in [0.25, 0.3) is 10.8 Å². The second-order valence-corrected chi connectivity index (χ2v) is 10.2. The summed E-state index contributed by atoms with van der Waals surface area (Å²) < 4.78 is 0. The zero-order chi connectivity index (χ0) is 27.0. The van der Waals surface area contributed by atoms with Crippen molar-refractivity contribution in [2.24, 2.45) is 21.5 Å². The highest BCUT2D eigenvalue weighted by Gasteiger charge is 2.73. The quantitative estimate of drug-likeness (QED) is 0.196. The van der Waals surface area contributed by atoms with Gasteiger partial charge in [-0.05, 0) is 23.8 Å². The molecule has 8 N–H and O–H groups in total. The highest BCUT2D eigenvalue weighted by molar-refractivity contribution is 6.07. The molecule has 0 aromatic heterocycles. The molecule has 0 aliphatic carbocycles. The molecule has 4 aliphatic rings. The van der Waals surface area contributed by atoms with Gasteiger partial charge in [-0.25, -0.2) is 9.98 Å². The molecule has 4 aliphatic heterocycles. The van der Waals surface area contributed by atoms with Gasteiger partial charge in [-0.15, -0.1) is 0 Å². The summed E-state index contributed by atoms with van der Waals surface area (Å²) in [5.41, 5.74) is 11.9. The first-order valence-corrected chi connectivity index (χ1v) is 12.3. The van der Waals surface area contributed by atoms with Crippen molar-refractivity contribution in [2.45, 2.75) is 49.3 Å². The van der Waals surface area contributed by atoms with E-state index in [1.807, 2.05) is 31.2 Å². The highest BCUT2D eigenvalue weighted by atomic mass is 16.5. The van der Waals surface area contributed by atoms with E-state index >= 15 is 0 Å². The van der Waals surface area contributed by atoms with Crippen LogP contribution in [0.3, 0.4) is 0 Å². The molecular formula is C25H28N8O5. The van der Waals surface area contributed by atoms with E-state index in [9.17, 15) is 24.6 Å². The molecule has 198 valence electrons. The van der Waals surface area contributed by atoms with Crippen LogP contribution in [0.5, 0.6) is 0 Å². The predicted molar refractivity (Wildman–Crippen MR) is 136 cm³/mol. The van der Waals surface area contributed by atoms with Gasteiger partial charge >= 0.3 is 0 Å². The van der Waals surface area contributed by atoms with Crippen molar-refractivity contribution in [1.29, 1.82) is 0 Å². The third kappa shape index (κ3) is 3.28. The van der Waals surface area contributed by atoms with Crippen LogP contribution in [0, 0.1) is 6.92 Å². The molecule has 2 fully saturated rings. The Morgan fingerprint density at radius 1 is 1.16 bits per heavy atom. The average molecular weight is 521 g/mol. The number of hydrogen-bond acceptors (Lipinski definition) is 11. The van der Waals surface area contributed by atoms with Gasteiger partial charge in [0.15, 0.2) is 17.6 Å². The summed E-state index contributed by atoms with van der Waals surface area (Å²) in [4.78, 5) is 49.3. The first-order chi connectivity index (χ1) is 18.0. The summed E-state index contributed by atoms with van der Waals surface area (Å²) in [6, 6.07) is 7.94. The predicted octanol–water partition coefficient (Wildman–Crippen LogP) is -1.93. The maximum atomic E-state index is 13.5. The van der Waals surface area contributed by atoms with Crippen molar-refractivity contribution >= 4 is 40.4 Å². The van der Waals surface area contributed by atoms with E-state index in [1.54, 1.807) is 12.1 Å². The SMILES string of the molecule is Cc1ccc2cccc(C(=O)NC3CN4C(N)=N[C@@H](CN5C(=O)CCC5=O)C5N=C(N)NC54C3(O)O)c2c1. The van der Waals surface area contributed by atoms with Gasteiger partial charge in [-0.1, -0.05) is 35.9 Å². The molecule has 3 amide bonds. The average Bonchev–Trinajstić information content (AvgIpc) is 3.46. The number of aryl methyl sites for hydroxylation is 1. The van der Waals surface area contributed by atoms with E-state index in [4.69, 9.17) is 11.5 Å². The number of guanidine groups is 2. The Bertz CT molecular complexity index is 1440. The number of carbonyl (C=O) groups is 3. The molecule has 0 bridgehead atoms. The minimum atomic E-state index is -2.63. The number of carbonyl (C=O) groups excluding carboxylic acids is 3. The lowest BCUT2D eigenvalue weighted by Crippen LogP contribution is -2.78. The number of aliphatic hydroxyl groups is 2. The molecule has 38 heavy (non-hydrogen) atoms. The smallest absolute Gasteiger partial charge is 0.252 e. The summed E-state index contributed by atoms with van der Waals surface area (Å²) in [5.74, 6) is -3.96. The monoisotopic (exact) mass is 520 g/mol. The van der Waals surface area contributed by atoms with Crippen LogP contribution in [0.4, 0.5) is 0 Å². The van der Waals surface area contributed by atoms with Gasteiger partial charge in [0.2, 0.25) is 17.6 Å². The van der Waals surface area contributed by atoms with Gasteiger partial charge in [0.25, 0.3) is 5.91 Å². The number of amides is 3. The number of hydrogen-bond donors (Lipinski definition) is 6. The van der Waals surface area contributed by atoms with Crippen LogP contribution in [0.1, 0.15) is 28.8 Å². The number of likely N-dealkylation sites (tertiary alicyclic amines) is 1. The van der Waals surface area contributed by atoms with Crippen molar-refractivity contribution in [2.75, 3.05) is 13.1 Å². The number of nitrogens with one attached hydrogen (secondary N) is 2. The maximum Gasteiger partial charge on any atom is 0.252 e. The molecule has 13 heteroatoms. The number of nitrogens with zero attached hydrogens (tertiary/aromatic N) is 4. The summed E-state index contributed by atoms with van der Waals surface area (Å²) in [7, 11) is 0. The Morgan fingerprint density at radius 2 is 1.89 bits per heavy atom. The Balaban J connectivity index is 1.33. The second-order valence-electron chi connectivity index (χ2n) is 10.2. The number of fused-ring (bicyclic) bond motifs is 1. The molecule has 0 radical (unpaired) electrons. The fourth-order valence-corrected chi connectivity index (χ4v) is 6.07. The van der Waals surface area contributed by atoms with Gasteiger partial charge in [-0.2, -0.15) is 0 Å². The lowest BCUT2D eigenvalue weighted by molar-refractivity contribution is -0.230. The van der Waals surface area contributed by atoms with Crippen molar-refractivity contribution in [3.8, 4) is 0 Å². The van der Waals surface area contributed by atoms with Crippen molar-refractivity contribution in [3.05, 3.63) is 47.5 Å². The summed E-state index contributed by atoms with van der Waals surface area (Å²) in [5, 5.41) is 30.5. The second kappa shape index (κ2) is 8.13. The molecular weight excluding hydrogens is 492 g/mol. The lowest BCUT2D eigenvalue weighted by Gasteiger charge is -2.49. The van der Waals surface area contributed by atoms with E-state index in [2.05, 4.69) is 20.6 Å². The molecule has 0 saturated carbocycles. The van der Waals surface area contributed by atoms with E-state index in [0.29, 0.717) is 5.56 Å². The summed E-state index contributed by atoms with van der Waals surface area (Å²) >= 11 is 0. The first kappa shape index (κ1) is 24.1. The molecule has 1 spiro atoms. The molecule has 4 atom stereocenters. The number of rotatable bonds is 4. The number of nitrogens with two attached hydrogens (primary N) is 2.